The summed E-state index contributed by atoms with van der Waals surface area (Å²) in [7, 11) is 0. The van der Waals surface area contributed by atoms with Crippen molar-refractivity contribution in [2.75, 3.05) is 62.7 Å². The van der Waals surface area contributed by atoms with E-state index in [1.807, 2.05) is 40.1 Å². The third kappa shape index (κ3) is 5.75. The van der Waals surface area contributed by atoms with Crippen LogP contribution in [0.2, 0.25) is 0 Å². The molecule has 0 radical (unpaired) electrons. The van der Waals surface area contributed by atoms with Crippen LogP contribution in [0.1, 0.15) is 24.4 Å². The van der Waals surface area contributed by atoms with Crippen LogP contribution in [0.4, 0.5) is 24.5 Å². The van der Waals surface area contributed by atoms with Gasteiger partial charge in [0, 0.05) is 51.4 Å². The van der Waals surface area contributed by atoms with Crippen molar-refractivity contribution < 1.29 is 27.5 Å². The Labute approximate surface area is 214 Å². The molecule has 0 saturated carbocycles. The summed E-state index contributed by atoms with van der Waals surface area (Å²) in [6.07, 6.45) is 0.335. The van der Waals surface area contributed by atoms with Crippen LogP contribution in [-0.2, 0) is 14.3 Å². The first-order valence-corrected chi connectivity index (χ1v) is 12.7. The second-order valence-corrected chi connectivity index (χ2v) is 9.92. The van der Waals surface area contributed by atoms with E-state index in [0.29, 0.717) is 57.2 Å². The second-order valence-electron chi connectivity index (χ2n) is 9.92. The zero-order valence-electron chi connectivity index (χ0n) is 20.5. The van der Waals surface area contributed by atoms with E-state index in [4.69, 9.17) is 4.74 Å². The number of halogens is 3. The number of nitrogens with zero attached hydrogens (tertiary/aromatic N) is 3. The summed E-state index contributed by atoms with van der Waals surface area (Å²) in [6.45, 7) is 2.28. The van der Waals surface area contributed by atoms with Crippen molar-refractivity contribution in [3.05, 3.63) is 59.9 Å². The van der Waals surface area contributed by atoms with Crippen LogP contribution in [0.15, 0.2) is 48.5 Å². The fourth-order valence-corrected chi connectivity index (χ4v) is 5.29. The highest BCUT2D eigenvalue weighted by atomic mass is 19.3. The Morgan fingerprint density at radius 2 is 1.78 bits per heavy atom. The predicted molar refractivity (Wildman–Crippen MR) is 133 cm³/mol. The molecule has 2 aromatic rings. The number of piperazine rings is 1. The minimum Gasteiger partial charge on any atom is -0.381 e. The van der Waals surface area contributed by atoms with Crippen LogP contribution >= 0.6 is 0 Å². The Kier molecular flexibility index (Phi) is 7.39. The van der Waals surface area contributed by atoms with Gasteiger partial charge in [-0.25, -0.2) is 13.2 Å². The zero-order valence-corrected chi connectivity index (χ0v) is 20.5. The summed E-state index contributed by atoms with van der Waals surface area (Å²) in [5.41, 5.74) is 1.58. The van der Waals surface area contributed by atoms with Crippen molar-refractivity contribution in [2.45, 2.75) is 24.8 Å². The van der Waals surface area contributed by atoms with Crippen LogP contribution in [0.3, 0.4) is 0 Å². The first kappa shape index (κ1) is 25.5. The normalized spacial score (nSPS) is 22.7. The lowest BCUT2D eigenvalue weighted by atomic mass is 10.0. The van der Waals surface area contributed by atoms with Crippen molar-refractivity contribution in [2.24, 2.45) is 5.92 Å². The van der Waals surface area contributed by atoms with E-state index < -0.39 is 24.3 Å². The Hall–Kier alpha value is -3.11. The van der Waals surface area contributed by atoms with Gasteiger partial charge in [-0.15, -0.1) is 0 Å². The highest BCUT2D eigenvalue weighted by Crippen LogP contribution is 2.33. The molecule has 3 aliphatic rings. The quantitative estimate of drug-likeness (QED) is 0.637. The third-order valence-electron chi connectivity index (χ3n) is 7.37. The van der Waals surface area contributed by atoms with Gasteiger partial charge in [-0.1, -0.05) is 30.3 Å². The molecule has 5 rings (SSSR count). The van der Waals surface area contributed by atoms with E-state index in [2.05, 4.69) is 5.32 Å². The average Bonchev–Trinajstić information content (AvgIpc) is 3.55. The lowest BCUT2D eigenvalue weighted by Gasteiger charge is -2.40. The number of ether oxygens (including phenoxy) is 1. The molecule has 3 aliphatic heterocycles. The fraction of sp³-hybridized carbons (Fsp3) is 0.481. The molecule has 0 bridgehead atoms. The summed E-state index contributed by atoms with van der Waals surface area (Å²) in [5, 5.41) is 2.76. The fourth-order valence-electron chi connectivity index (χ4n) is 5.29. The molecule has 2 amide bonds. The molecule has 2 aromatic carbocycles. The lowest BCUT2D eigenvalue weighted by molar-refractivity contribution is -0.138. The molecular weight excluding hydrogens is 485 g/mol. The molecule has 1 N–H and O–H groups in total. The van der Waals surface area contributed by atoms with Gasteiger partial charge in [0.15, 0.2) is 0 Å². The molecule has 7 nitrogen and oxygen atoms in total. The standard InChI is InChI=1S/C27H31F3N4O3/c28-22-16-21(31-25(35)20-8-15-37-17-20)6-7-23(22)32-11-13-33(14-12-32)24(19-4-2-1-3-5-19)26(36)34-10-9-27(29,30)18-34/h1-7,16,20,24H,8-15,17-18H2,(H,31,35)/t20-,24?/m0/s1. The largest absolute Gasteiger partial charge is 0.381 e. The van der Waals surface area contributed by atoms with E-state index in [-0.39, 0.29) is 30.7 Å². The van der Waals surface area contributed by atoms with Gasteiger partial charge in [0.25, 0.3) is 5.92 Å². The monoisotopic (exact) mass is 516 g/mol. The molecule has 10 heteroatoms. The average molecular weight is 517 g/mol. The molecule has 3 saturated heterocycles. The van der Waals surface area contributed by atoms with Gasteiger partial charge in [-0.05, 0) is 30.2 Å². The maximum Gasteiger partial charge on any atom is 0.267 e. The first-order valence-electron chi connectivity index (χ1n) is 12.7. The number of carbonyl (C=O) groups excluding carboxylic acids is 2. The van der Waals surface area contributed by atoms with Gasteiger partial charge in [0.1, 0.15) is 11.9 Å². The topological polar surface area (TPSA) is 65.1 Å². The highest BCUT2D eigenvalue weighted by molar-refractivity contribution is 5.93. The number of anilines is 2. The van der Waals surface area contributed by atoms with Crippen LogP contribution in [0.25, 0.3) is 0 Å². The van der Waals surface area contributed by atoms with Crippen LogP contribution in [-0.4, -0.2) is 80.0 Å². The summed E-state index contributed by atoms with van der Waals surface area (Å²) >= 11 is 0. The molecule has 3 heterocycles. The molecule has 1 unspecified atom stereocenters. The van der Waals surface area contributed by atoms with Gasteiger partial charge in [0.2, 0.25) is 11.8 Å². The van der Waals surface area contributed by atoms with Crippen LogP contribution in [0.5, 0.6) is 0 Å². The number of hydrogen-bond acceptors (Lipinski definition) is 5. The Morgan fingerprint density at radius 3 is 2.41 bits per heavy atom. The molecule has 0 spiro atoms. The van der Waals surface area contributed by atoms with Gasteiger partial charge < -0.3 is 19.9 Å². The summed E-state index contributed by atoms with van der Waals surface area (Å²) in [6, 6.07) is 13.2. The molecule has 3 fully saturated rings. The summed E-state index contributed by atoms with van der Waals surface area (Å²) in [4.78, 5) is 30.9. The maximum absolute atomic E-state index is 15.0. The van der Waals surface area contributed by atoms with Gasteiger partial charge in [0.05, 0.1) is 24.8 Å². The maximum atomic E-state index is 15.0. The Balaban J connectivity index is 1.25. The minimum absolute atomic E-state index is 0.0387. The Morgan fingerprint density at radius 1 is 1.03 bits per heavy atom. The number of nitrogens with one attached hydrogen (secondary N) is 1. The predicted octanol–water partition coefficient (Wildman–Crippen LogP) is 3.53. The van der Waals surface area contributed by atoms with Crippen LogP contribution in [0, 0.1) is 11.7 Å². The number of likely N-dealkylation sites (tertiary alicyclic amines) is 1. The highest BCUT2D eigenvalue weighted by Gasteiger charge is 2.43. The molecule has 198 valence electrons. The molecule has 2 atom stereocenters. The van der Waals surface area contributed by atoms with E-state index in [1.165, 1.54) is 11.0 Å². The second kappa shape index (κ2) is 10.7. The van der Waals surface area contributed by atoms with Gasteiger partial charge in [-0.2, -0.15) is 0 Å². The van der Waals surface area contributed by atoms with E-state index >= 15 is 4.39 Å². The first-order chi connectivity index (χ1) is 17.8. The summed E-state index contributed by atoms with van der Waals surface area (Å²) in [5.74, 6) is -4.02. The molecule has 0 aromatic heterocycles. The van der Waals surface area contributed by atoms with Gasteiger partial charge in [-0.3, -0.25) is 14.5 Å². The lowest BCUT2D eigenvalue weighted by Crippen LogP contribution is -2.51. The molecule has 37 heavy (non-hydrogen) atoms. The number of benzene rings is 2. The molecular formula is C27H31F3N4O3. The minimum atomic E-state index is -2.86. The number of rotatable bonds is 6. The van der Waals surface area contributed by atoms with E-state index in [9.17, 15) is 18.4 Å². The van der Waals surface area contributed by atoms with Crippen molar-refractivity contribution in [3.63, 3.8) is 0 Å². The van der Waals surface area contributed by atoms with Crippen molar-refractivity contribution in [1.29, 1.82) is 0 Å². The van der Waals surface area contributed by atoms with Gasteiger partial charge >= 0.3 is 0 Å². The van der Waals surface area contributed by atoms with Crippen molar-refractivity contribution in [1.82, 2.24) is 9.80 Å². The number of carbonyl (C=O) groups is 2. The van der Waals surface area contributed by atoms with Crippen molar-refractivity contribution >= 4 is 23.2 Å². The van der Waals surface area contributed by atoms with Crippen molar-refractivity contribution in [3.8, 4) is 0 Å². The van der Waals surface area contributed by atoms with Crippen LogP contribution < -0.4 is 10.2 Å². The third-order valence-corrected chi connectivity index (χ3v) is 7.37. The SMILES string of the molecule is O=C(Nc1ccc(N2CCN(C(C(=O)N3CCC(F)(F)C3)c3ccccc3)CC2)c(F)c1)[C@H]1CCOC1. The molecule has 0 aliphatic carbocycles. The van der Waals surface area contributed by atoms with E-state index in [1.54, 1.807) is 12.1 Å². The smallest absolute Gasteiger partial charge is 0.267 e. The number of alkyl halides is 2. The zero-order chi connectivity index (χ0) is 26.0. The number of amides is 2. The van der Waals surface area contributed by atoms with E-state index in [0.717, 1.165) is 5.56 Å². The Bertz CT molecular complexity index is 1120. The number of hydrogen-bond donors (Lipinski definition) is 1. The summed E-state index contributed by atoms with van der Waals surface area (Å²) < 4.78 is 47.9.